The van der Waals surface area contributed by atoms with Crippen molar-refractivity contribution < 1.29 is 26.4 Å². The molecule has 0 N–H and O–H groups in total. The Morgan fingerprint density at radius 3 is 1.96 bits per heavy atom. The Labute approximate surface area is 146 Å². The number of rotatable bonds is 7. The van der Waals surface area contributed by atoms with Crippen LogP contribution in [0.4, 0.5) is 13.2 Å². The minimum absolute atomic E-state index is 0.440. The van der Waals surface area contributed by atoms with Crippen LogP contribution in [0.5, 0.6) is 0 Å². The fourth-order valence-corrected chi connectivity index (χ4v) is 4.79. The van der Waals surface area contributed by atoms with Gasteiger partial charge in [-0.2, -0.15) is 13.2 Å². The first kappa shape index (κ1) is 19.6. The fourth-order valence-electron chi connectivity index (χ4n) is 2.57. The molecule has 0 atom stereocenters. The van der Waals surface area contributed by atoms with Crippen LogP contribution in [-0.4, -0.2) is 29.1 Å². The first-order valence-electron chi connectivity index (χ1n) is 7.97. The maximum Gasteiger partial charge on any atom is 0.536 e. The Bertz CT molecular complexity index is 681. The van der Waals surface area contributed by atoms with Gasteiger partial charge in [0.1, 0.15) is 0 Å². The summed E-state index contributed by atoms with van der Waals surface area (Å²) in [5.41, 5.74) is 0.513. The Morgan fingerprint density at radius 1 is 0.880 bits per heavy atom. The van der Waals surface area contributed by atoms with E-state index in [1.54, 1.807) is 30.3 Å². The lowest BCUT2D eigenvalue weighted by molar-refractivity contribution is -0.137. The fraction of sp³-hybridized carbons (Fsp3) is 0.333. The van der Waals surface area contributed by atoms with Gasteiger partial charge in [0.25, 0.3) is 0 Å². The number of halogens is 3. The second-order valence-electron chi connectivity index (χ2n) is 5.28. The molecule has 0 aliphatic carbocycles. The summed E-state index contributed by atoms with van der Waals surface area (Å²) in [6.45, 7) is 4.60. The standard InChI is InChI=1S/C18H21F3O3Si/c1-4-23-25(22-3,24-5-2)17-11-9-14(10-12-17)15-7-6-8-16(13-15)18(19,20)21/h6-13H,4-5H2,1-3H3. The first-order valence-corrected chi connectivity index (χ1v) is 9.70. The van der Waals surface area contributed by atoms with E-state index in [1.807, 2.05) is 13.8 Å². The SMILES string of the molecule is CCO[Si](OC)(OCC)c1ccc(-c2cccc(C(F)(F)F)c2)cc1. The molecule has 2 aromatic rings. The van der Waals surface area contributed by atoms with Gasteiger partial charge in [-0.1, -0.05) is 36.4 Å². The van der Waals surface area contributed by atoms with E-state index in [1.165, 1.54) is 13.2 Å². The molecular weight excluding hydrogens is 349 g/mol. The minimum atomic E-state index is -4.36. The van der Waals surface area contributed by atoms with Crippen LogP contribution >= 0.6 is 0 Å². The summed E-state index contributed by atoms with van der Waals surface area (Å²) in [6, 6.07) is 12.3. The van der Waals surface area contributed by atoms with E-state index in [0.29, 0.717) is 24.3 Å². The monoisotopic (exact) mass is 370 g/mol. The third-order valence-corrected chi connectivity index (χ3v) is 6.61. The number of benzene rings is 2. The smallest absolute Gasteiger partial charge is 0.373 e. The van der Waals surface area contributed by atoms with Crippen LogP contribution in [-0.2, 0) is 19.5 Å². The number of alkyl halides is 3. The molecule has 0 saturated carbocycles. The molecule has 0 aliphatic rings. The van der Waals surface area contributed by atoms with Crippen LogP contribution in [0.15, 0.2) is 48.5 Å². The second kappa shape index (κ2) is 8.14. The molecule has 0 radical (unpaired) electrons. The van der Waals surface area contributed by atoms with Crippen molar-refractivity contribution in [2.45, 2.75) is 20.0 Å². The lowest BCUT2D eigenvalue weighted by Gasteiger charge is -2.27. The predicted octanol–water partition coefficient (Wildman–Crippen LogP) is 4.24. The van der Waals surface area contributed by atoms with Crippen LogP contribution in [0.2, 0.25) is 0 Å². The molecule has 7 heteroatoms. The molecule has 0 bridgehead atoms. The lowest BCUT2D eigenvalue weighted by atomic mass is 10.0. The minimum Gasteiger partial charge on any atom is -0.373 e. The molecule has 2 rings (SSSR count). The van der Waals surface area contributed by atoms with E-state index in [4.69, 9.17) is 13.3 Å². The third kappa shape index (κ3) is 4.49. The molecule has 0 amide bonds. The summed E-state index contributed by atoms with van der Waals surface area (Å²) in [5.74, 6) is 0. The molecule has 136 valence electrons. The Kier molecular flexibility index (Phi) is 6.40. The van der Waals surface area contributed by atoms with Crippen molar-refractivity contribution >= 4 is 14.0 Å². The molecule has 0 heterocycles. The molecule has 3 nitrogen and oxygen atoms in total. The lowest BCUT2D eigenvalue weighted by Crippen LogP contribution is -2.56. The summed E-state index contributed by atoms with van der Waals surface area (Å²) < 4.78 is 55.7. The van der Waals surface area contributed by atoms with Crippen LogP contribution in [0, 0.1) is 0 Å². The van der Waals surface area contributed by atoms with Gasteiger partial charge < -0.3 is 13.3 Å². The van der Waals surface area contributed by atoms with Gasteiger partial charge in [-0.3, -0.25) is 0 Å². The highest BCUT2D eigenvalue weighted by Crippen LogP contribution is 2.32. The van der Waals surface area contributed by atoms with Gasteiger partial charge in [-0.25, -0.2) is 0 Å². The molecule has 0 saturated heterocycles. The van der Waals surface area contributed by atoms with Gasteiger partial charge in [0.05, 0.1) is 5.56 Å². The molecule has 0 unspecified atom stereocenters. The van der Waals surface area contributed by atoms with Gasteiger partial charge in [0.2, 0.25) is 0 Å². The average Bonchev–Trinajstić information content (AvgIpc) is 2.61. The Hall–Kier alpha value is -1.67. The average molecular weight is 370 g/mol. The zero-order chi connectivity index (χ0) is 18.5. The third-order valence-electron chi connectivity index (χ3n) is 3.70. The normalized spacial score (nSPS) is 12.4. The molecular formula is C18H21F3O3Si. The van der Waals surface area contributed by atoms with E-state index >= 15 is 0 Å². The molecule has 0 aliphatic heterocycles. The van der Waals surface area contributed by atoms with Crippen LogP contribution < -0.4 is 5.19 Å². The summed E-state index contributed by atoms with van der Waals surface area (Å²) in [6.07, 6.45) is -4.36. The van der Waals surface area contributed by atoms with Crippen molar-refractivity contribution in [1.82, 2.24) is 0 Å². The van der Waals surface area contributed by atoms with Gasteiger partial charge >= 0.3 is 15.0 Å². The maximum atomic E-state index is 12.9. The highest BCUT2D eigenvalue weighted by Gasteiger charge is 2.42. The summed E-state index contributed by atoms with van der Waals surface area (Å²) in [4.78, 5) is 0. The van der Waals surface area contributed by atoms with Crippen molar-refractivity contribution in [3.63, 3.8) is 0 Å². The largest absolute Gasteiger partial charge is 0.536 e. The summed E-state index contributed by atoms with van der Waals surface area (Å²) in [7, 11) is -1.45. The highest BCUT2D eigenvalue weighted by molar-refractivity contribution is 6.75. The topological polar surface area (TPSA) is 27.7 Å². The van der Waals surface area contributed by atoms with Crippen LogP contribution in [0.25, 0.3) is 11.1 Å². The van der Waals surface area contributed by atoms with Crippen molar-refractivity contribution in [3.8, 4) is 11.1 Å². The molecule has 0 aromatic heterocycles. The van der Waals surface area contributed by atoms with E-state index < -0.39 is 20.5 Å². The van der Waals surface area contributed by atoms with Crippen molar-refractivity contribution in [2.75, 3.05) is 20.3 Å². The zero-order valence-electron chi connectivity index (χ0n) is 14.4. The number of hydrogen-bond acceptors (Lipinski definition) is 3. The van der Waals surface area contributed by atoms with E-state index in [2.05, 4.69) is 0 Å². The molecule has 0 spiro atoms. The first-order chi connectivity index (χ1) is 11.9. The highest BCUT2D eigenvalue weighted by atomic mass is 28.4. The molecule has 0 fully saturated rings. The Morgan fingerprint density at radius 2 is 1.48 bits per heavy atom. The van der Waals surface area contributed by atoms with Crippen molar-refractivity contribution in [2.24, 2.45) is 0 Å². The maximum absolute atomic E-state index is 12.9. The van der Waals surface area contributed by atoms with E-state index in [0.717, 1.165) is 17.3 Å². The van der Waals surface area contributed by atoms with Gasteiger partial charge in [-0.15, -0.1) is 0 Å². The second-order valence-corrected chi connectivity index (χ2v) is 7.96. The predicted molar refractivity (Wildman–Crippen MR) is 92.5 cm³/mol. The van der Waals surface area contributed by atoms with Gasteiger partial charge in [0.15, 0.2) is 0 Å². The van der Waals surface area contributed by atoms with Gasteiger partial charge in [0, 0.05) is 25.5 Å². The molecule has 25 heavy (non-hydrogen) atoms. The summed E-state index contributed by atoms with van der Waals surface area (Å²) in [5, 5.41) is 0.773. The number of hydrogen-bond donors (Lipinski definition) is 0. The zero-order valence-corrected chi connectivity index (χ0v) is 15.4. The van der Waals surface area contributed by atoms with Crippen LogP contribution in [0.1, 0.15) is 19.4 Å². The summed E-state index contributed by atoms with van der Waals surface area (Å²) >= 11 is 0. The van der Waals surface area contributed by atoms with Crippen molar-refractivity contribution in [3.05, 3.63) is 54.1 Å². The van der Waals surface area contributed by atoms with E-state index in [-0.39, 0.29) is 0 Å². The Balaban J connectivity index is 2.36. The quantitative estimate of drug-likeness (QED) is 0.683. The van der Waals surface area contributed by atoms with Crippen LogP contribution in [0.3, 0.4) is 0 Å². The van der Waals surface area contributed by atoms with E-state index in [9.17, 15) is 13.2 Å². The van der Waals surface area contributed by atoms with Crippen molar-refractivity contribution in [1.29, 1.82) is 0 Å². The van der Waals surface area contributed by atoms with Gasteiger partial charge in [-0.05, 0) is 37.1 Å². The molecule has 2 aromatic carbocycles.